The average molecular weight is 395 g/mol. The highest BCUT2D eigenvalue weighted by Crippen LogP contribution is 2.23. The molecule has 0 radical (unpaired) electrons. The minimum atomic E-state index is -3.84. The third-order valence-electron chi connectivity index (χ3n) is 5.00. The summed E-state index contributed by atoms with van der Waals surface area (Å²) in [6, 6.07) is 20.0. The first-order valence-corrected chi connectivity index (χ1v) is 10.6. The number of benzene rings is 3. The maximum Gasteiger partial charge on any atom is 0.297 e. The molecule has 0 N–H and O–H groups in total. The van der Waals surface area contributed by atoms with E-state index in [0.29, 0.717) is 18.5 Å². The van der Waals surface area contributed by atoms with Crippen LogP contribution in [-0.2, 0) is 14.3 Å². The van der Waals surface area contributed by atoms with Gasteiger partial charge < -0.3 is 4.90 Å². The van der Waals surface area contributed by atoms with Gasteiger partial charge in [0.05, 0.1) is 11.0 Å². The van der Waals surface area contributed by atoms with Crippen molar-refractivity contribution in [2.45, 2.75) is 24.3 Å². The lowest BCUT2D eigenvalue weighted by molar-refractivity contribution is 0.0773. The van der Waals surface area contributed by atoms with Crippen LogP contribution < -0.4 is 0 Å². The molecular weight excluding hydrogens is 374 g/mol. The number of nitrogens with zero attached hydrogens (tertiary/aromatic N) is 1. The number of carbonyl (C=O) groups excluding carboxylic acids is 1. The van der Waals surface area contributed by atoms with E-state index in [1.54, 1.807) is 17.0 Å². The van der Waals surface area contributed by atoms with Gasteiger partial charge >= 0.3 is 0 Å². The predicted octanol–water partition coefficient (Wildman–Crippen LogP) is 3.77. The highest BCUT2D eigenvalue weighted by molar-refractivity contribution is 7.86. The van der Waals surface area contributed by atoms with Crippen LogP contribution in [-0.4, -0.2) is 38.4 Å². The molecule has 1 heterocycles. The number of hydrogen-bond donors (Lipinski definition) is 0. The minimum absolute atomic E-state index is 0.107. The Morgan fingerprint density at radius 1 is 1.00 bits per heavy atom. The van der Waals surface area contributed by atoms with Crippen molar-refractivity contribution >= 4 is 26.8 Å². The molecule has 4 rings (SSSR count). The summed E-state index contributed by atoms with van der Waals surface area (Å²) in [6.45, 7) is 2.63. The third kappa shape index (κ3) is 3.79. The fourth-order valence-corrected chi connectivity index (χ4v) is 4.53. The Morgan fingerprint density at radius 2 is 1.71 bits per heavy atom. The number of aryl methyl sites for hydroxylation is 1. The molecule has 0 spiro atoms. The van der Waals surface area contributed by atoms with Gasteiger partial charge in [-0.15, -0.1) is 0 Å². The van der Waals surface area contributed by atoms with Crippen LogP contribution in [0.1, 0.15) is 22.3 Å². The molecule has 1 atom stereocenters. The van der Waals surface area contributed by atoms with Gasteiger partial charge in [0.1, 0.15) is 0 Å². The topological polar surface area (TPSA) is 63.7 Å². The van der Waals surface area contributed by atoms with Gasteiger partial charge in [0.15, 0.2) is 0 Å². The molecule has 1 saturated heterocycles. The maximum atomic E-state index is 12.8. The molecule has 3 aromatic carbocycles. The van der Waals surface area contributed by atoms with Gasteiger partial charge in [0, 0.05) is 18.7 Å². The van der Waals surface area contributed by atoms with Gasteiger partial charge in [-0.1, -0.05) is 48.0 Å². The Kier molecular flexibility index (Phi) is 4.91. The summed E-state index contributed by atoms with van der Waals surface area (Å²) in [5.74, 6) is -0.107. The highest BCUT2D eigenvalue weighted by atomic mass is 32.2. The first-order chi connectivity index (χ1) is 13.4. The Balaban J connectivity index is 1.45. The zero-order chi connectivity index (χ0) is 19.7. The highest BCUT2D eigenvalue weighted by Gasteiger charge is 2.31. The van der Waals surface area contributed by atoms with Crippen molar-refractivity contribution in [3.8, 4) is 0 Å². The summed E-state index contributed by atoms with van der Waals surface area (Å²) in [6.07, 6.45) is -0.0413. The summed E-state index contributed by atoms with van der Waals surface area (Å²) in [5, 5.41) is 2.08. The van der Waals surface area contributed by atoms with Crippen molar-refractivity contribution in [1.29, 1.82) is 0 Å². The van der Waals surface area contributed by atoms with Crippen molar-refractivity contribution in [3.63, 3.8) is 0 Å². The molecule has 0 aromatic heterocycles. The largest absolute Gasteiger partial charge is 0.336 e. The number of likely N-dealkylation sites (tertiary alicyclic amines) is 1. The first-order valence-electron chi connectivity index (χ1n) is 9.20. The van der Waals surface area contributed by atoms with Crippen LogP contribution in [0.15, 0.2) is 71.6 Å². The predicted molar refractivity (Wildman–Crippen MR) is 108 cm³/mol. The first kappa shape index (κ1) is 18.7. The van der Waals surface area contributed by atoms with E-state index in [4.69, 9.17) is 4.18 Å². The molecule has 6 heteroatoms. The fraction of sp³-hybridized carbons (Fsp3) is 0.227. The van der Waals surface area contributed by atoms with E-state index in [9.17, 15) is 13.2 Å². The zero-order valence-corrected chi connectivity index (χ0v) is 16.4. The molecule has 3 aromatic rings. The quantitative estimate of drug-likeness (QED) is 0.631. The van der Waals surface area contributed by atoms with Crippen LogP contribution in [0.25, 0.3) is 10.8 Å². The van der Waals surface area contributed by atoms with Gasteiger partial charge in [0.25, 0.3) is 16.0 Å². The lowest BCUT2D eigenvalue weighted by Gasteiger charge is -2.17. The number of amides is 1. The summed E-state index contributed by atoms with van der Waals surface area (Å²) in [5.41, 5.74) is 1.58. The van der Waals surface area contributed by atoms with E-state index in [2.05, 4.69) is 0 Å². The molecular formula is C22H21NO4S. The van der Waals surface area contributed by atoms with Gasteiger partial charge in [0.2, 0.25) is 0 Å². The van der Waals surface area contributed by atoms with E-state index < -0.39 is 16.2 Å². The second kappa shape index (κ2) is 7.37. The van der Waals surface area contributed by atoms with Crippen molar-refractivity contribution in [2.24, 2.45) is 0 Å². The summed E-state index contributed by atoms with van der Waals surface area (Å²) >= 11 is 0. The van der Waals surface area contributed by atoms with Gasteiger partial charge in [-0.25, -0.2) is 0 Å². The normalized spacial score (nSPS) is 17.2. The van der Waals surface area contributed by atoms with Crippen molar-refractivity contribution < 1.29 is 17.4 Å². The van der Waals surface area contributed by atoms with E-state index in [1.165, 1.54) is 12.1 Å². The second-order valence-electron chi connectivity index (χ2n) is 7.09. The van der Waals surface area contributed by atoms with E-state index in [1.807, 2.05) is 49.4 Å². The molecule has 0 bridgehead atoms. The molecule has 1 aliphatic rings. The van der Waals surface area contributed by atoms with Crippen LogP contribution in [0.5, 0.6) is 0 Å². The van der Waals surface area contributed by atoms with Crippen LogP contribution in [0, 0.1) is 6.92 Å². The number of fused-ring (bicyclic) bond motifs is 1. The molecule has 1 aliphatic heterocycles. The Bertz CT molecular complexity index is 1120. The molecule has 5 nitrogen and oxygen atoms in total. The van der Waals surface area contributed by atoms with Crippen molar-refractivity contribution in [2.75, 3.05) is 13.1 Å². The summed E-state index contributed by atoms with van der Waals surface area (Å²) < 4.78 is 30.3. The molecule has 1 fully saturated rings. The maximum absolute atomic E-state index is 12.8. The molecule has 0 saturated carbocycles. The SMILES string of the molecule is Cc1ccc(S(=O)(=O)O[C@@H]2CCN(C(=O)c3ccc4ccccc4c3)C2)cc1. The van der Waals surface area contributed by atoms with Crippen molar-refractivity contribution in [3.05, 3.63) is 77.9 Å². The number of hydrogen-bond acceptors (Lipinski definition) is 4. The fourth-order valence-electron chi connectivity index (χ4n) is 3.44. The van der Waals surface area contributed by atoms with Crippen LogP contribution in [0.4, 0.5) is 0 Å². The standard InChI is InChI=1S/C22H21NO4S/c1-16-6-10-21(11-7-16)28(25,26)27-20-12-13-23(15-20)22(24)19-9-8-17-4-2-3-5-18(17)14-19/h2-11,14,20H,12-13,15H2,1H3/t20-/m1/s1. The third-order valence-corrected chi connectivity index (χ3v) is 6.38. The summed E-state index contributed by atoms with van der Waals surface area (Å²) in [7, 11) is -3.84. The van der Waals surface area contributed by atoms with Gasteiger partial charge in [-0.2, -0.15) is 8.42 Å². The Labute approximate surface area is 164 Å². The molecule has 0 unspecified atom stereocenters. The molecule has 0 aliphatic carbocycles. The van der Waals surface area contributed by atoms with Crippen LogP contribution in [0.3, 0.4) is 0 Å². The Hall–Kier alpha value is -2.70. The lowest BCUT2D eigenvalue weighted by atomic mass is 10.1. The average Bonchev–Trinajstić information content (AvgIpc) is 3.15. The lowest BCUT2D eigenvalue weighted by Crippen LogP contribution is -2.30. The minimum Gasteiger partial charge on any atom is -0.336 e. The Morgan fingerprint density at radius 3 is 2.46 bits per heavy atom. The molecule has 1 amide bonds. The van der Waals surface area contributed by atoms with E-state index in [0.717, 1.165) is 16.3 Å². The van der Waals surface area contributed by atoms with Crippen molar-refractivity contribution in [1.82, 2.24) is 4.90 Å². The molecule has 28 heavy (non-hydrogen) atoms. The smallest absolute Gasteiger partial charge is 0.297 e. The number of carbonyl (C=O) groups is 1. The van der Waals surface area contributed by atoms with E-state index in [-0.39, 0.29) is 17.3 Å². The van der Waals surface area contributed by atoms with Crippen LogP contribution in [0.2, 0.25) is 0 Å². The van der Waals surface area contributed by atoms with Crippen LogP contribution >= 0.6 is 0 Å². The summed E-state index contributed by atoms with van der Waals surface area (Å²) in [4.78, 5) is 14.6. The molecule has 144 valence electrons. The van der Waals surface area contributed by atoms with E-state index >= 15 is 0 Å². The van der Waals surface area contributed by atoms with Gasteiger partial charge in [-0.3, -0.25) is 8.98 Å². The monoisotopic (exact) mass is 395 g/mol. The number of rotatable bonds is 4. The second-order valence-corrected chi connectivity index (χ2v) is 8.66. The zero-order valence-electron chi connectivity index (χ0n) is 15.5. The van der Waals surface area contributed by atoms with Gasteiger partial charge in [-0.05, 0) is 48.4 Å².